The number of para-hydroxylation sites is 2. The third-order valence-corrected chi connectivity index (χ3v) is 4.47. The highest BCUT2D eigenvalue weighted by molar-refractivity contribution is 6.05. The summed E-state index contributed by atoms with van der Waals surface area (Å²) in [5.41, 5.74) is 2.23. The minimum atomic E-state index is -0.327. The zero-order chi connectivity index (χ0) is 22.2. The summed E-state index contributed by atoms with van der Waals surface area (Å²) in [6.45, 7) is 4.35. The number of anilines is 2. The highest BCUT2D eigenvalue weighted by Gasteiger charge is 2.11. The number of amides is 2. The number of carbonyl (C=O) groups excluding carboxylic acids is 2. The Hall–Kier alpha value is -3.87. The molecular weight excluding hydrogens is 394 g/mol. The lowest BCUT2D eigenvalue weighted by Crippen LogP contribution is -2.26. The zero-order valence-corrected chi connectivity index (χ0v) is 17.6. The van der Waals surface area contributed by atoms with Crippen LogP contribution in [0.15, 0.2) is 71.7 Å². The monoisotopic (exact) mass is 419 g/mol. The predicted octanol–water partition coefficient (Wildman–Crippen LogP) is 3.84. The van der Waals surface area contributed by atoms with Gasteiger partial charge in [0.25, 0.3) is 11.5 Å². The molecule has 0 spiro atoms. The van der Waals surface area contributed by atoms with Crippen LogP contribution in [-0.2, 0) is 11.3 Å². The van der Waals surface area contributed by atoms with Crippen LogP contribution in [0.4, 0.5) is 11.4 Å². The fourth-order valence-electron chi connectivity index (χ4n) is 2.94. The Morgan fingerprint density at radius 3 is 2.45 bits per heavy atom. The number of rotatable bonds is 8. The summed E-state index contributed by atoms with van der Waals surface area (Å²) in [5.74, 6) is 0.0108. The van der Waals surface area contributed by atoms with Gasteiger partial charge in [-0.1, -0.05) is 25.1 Å². The molecule has 31 heavy (non-hydrogen) atoms. The lowest BCUT2D eigenvalue weighted by molar-refractivity contribution is -0.116. The van der Waals surface area contributed by atoms with Crippen LogP contribution in [0.2, 0.25) is 0 Å². The molecule has 0 aliphatic rings. The fourth-order valence-corrected chi connectivity index (χ4v) is 2.94. The molecule has 3 rings (SSSR count). The van der Waals surface area contributed by atoms with Gasteiger partial charge in [-0.15, -0.1) is 0 Å². The minimum Gasteiger partial charge on any atom is -0.491 e. The van der Waals surface area contributed by atoms with E-state index in [2.05, 4.69) is 10.6 Å². The summed E-state index contributed by atoms with van der Waals surface area (Å²) in [5, 5.41) is 5.59. The summed E-state index contributed by atoms with van der Waals surface area (Å²) in [7, 11) is 0. The zero-order valence-electron chi connectivity index (χ0n) is 17.6. The van der Waals surface area contributed by atoms with Crippen molar-refractivity contribution in [1.29, 1.82) is 0 Å². The minimum absolute atomic E-state index is 0.0860. The number of benzene rings is 2. The standard InChI is InChI=1S/C24H25N3O4/c1-3-14-31-21-7-5-4-6-20(21)26-24(30)18-9-11-19(12-10-18)25-22(28)16-27-15-17(2)8-13-23(27)29/h4-13,15H,3,14,16H2,1-2H3,(H,25,28)(H,26,30). The van der Waals surface area contributed by atoms with Crippen molar-refractivity contribution in [3.8, 4) is 5.75 Å². The highest BCUT2D eigenvalue weighted by Crippen LogP contribution is 2.24. The van der Waals surface area contributed by atoms with Crippen LogP contribution in [0.25, 0.3) is 0 Å². The number of ether oxygens (including phenoxy) is 1. The normalized spacial score (nSPS) is 10.4. The maximum atomic E-state index is 12.6. The SMILES string of the molecule is CCCOc1ccccc1NC(=O)c1ccc(NC(=O)Cn2cc(C)ccc2=O)cc1. The molecule has 0 aliphatic carbocycles. The third-order valence-electron chi connectivity index (χ3n) is 4.47. The topological polar surface area (TPSA) is 89.4 Å². The summed E-state index contributed by atoms with van der Waals surface area (Å²) in [4.78, 5) is 36.7. The predicted molar refractivity (Wildman–Crippen MR) is 121 cm³/mol. The van der Waals surface area contributed by atoms with Gasteiger partial charge >= 0.3 is 0 Å². The van der Waals surface area contributed by atoms with Crippen LogP contribution >= 0.6 is 0 Å². The van der Waals surface area contributed by atoms with E-state index >= 15 is 0 Å². The number of nitrogens with one attached hydrogen (secondary N) is 2. The van der Waals surface area contributed by atoms with Crippen molar-refractivity contribution in [2.45, 2.75) is 26.8 Å². The molecular formula is C24H25N3O4. The number of pyridine rings is 1. The van der Waals surface area contributed by atoms with Gasteiger partial charge in [-0.3, -0.25) is 14.4 Å². The molecule has 0 aliphatic heterocycles. The summed E-state index contributed by atoms with van der Waals surface area (Å²) in [6.07, 6.45) is 2.51. The van der Waals surface area contributed by atoms with Crippen LogP contribution in [0.3, 0.4) is 0 Å². The number of aromatic nitrogens is 1. The van der Waals surface area contributed by atoms with E-state index in [4.69, 9.17) is 4.74 Å². The summed E-state index contributed by atoms with van der Waals surface area (Å²) >= 11 is 0. The molecule has 0 radical (unpaired) electrons. The first-order valence-corrected chi connectivity index (χ1v) is 10.1. The molecule has 0 saturated carbocycles. The van der Waals surface area contributed by atoms with Crippen molar-refractivity contribution < 1.29 is 14.3 Å². The Balaban J connectivity index is 1.62. The van der Waals surface area contributed by atoms with E-state index in [-0.39, 0.29) is 23.9 Å². The van der Waals surface area contributed by atoms with Gasteiger partial charge in [-0.25, -0.2) is 0 Å². The number of carbonyl (C=O) groups is 2. The first-order valence-electron chi connectivity index (χ1n) is 10.1. The van der Waals surface area contributed by atoms with Gasteiger partial charge in [0, 0.05) is 23.5 Å². The number of aryl methyl sites for hydroxylation is 1. The molecule has 2 N–H and O–H groups in total. The molecule has 7 nitrogen and oxygen atoms in total. The number of nitrogens with zero attached hydrogens (tertiary/aromatic N) is 1. The second-order valence-electron chi connectivity index (χ2n) is 7.10. The van der Waals surface area contributed by atoms with E-state index in [9.17, 15) is 14.4 Å². The fraction of sp³-hybridized carbons (Fsp3) is 0.208. The first-order chi connectivity index (χ1) is 15.0. The molecule has 3 aromatic rings. The van der Waals surface area contributed by atoms with Gasteiger partial charge < -0.3 is 19.9 Å². The molecule has 160 valence electrons. The Morgan fingerprint density at radius 1 is 0.968 bits per heavy atom. The van der Waals surface area contributed by atoms with Gasteiger partial charge in [-0.05, 0) is 55.3 Å². The summed E-state index contributed by atoms with van der Waals surface area (Å²) in [6, 6.07) is 16.9. The smallest absolute Gasteiger partial charge is 0.255 e. The molecule has 1 heterocycles. The first kappa shape index (κ1) is 21.8. The maximum absolute atomic E-state index is 12.6. The van der Waals surface area contributed by atoms with Gasteiger partial charge in [0.2, 0.25) is 5.91 Å². The van der Waals surface area contributed by atoms with E-state index in [0.29, 0.717) is 29.3 Å². The second kappa shape index (κ2) is 10.2. The molecule has 2 amide bonds. The van der Waals surface area contributed by atoms with E-state index in [1.165, 1.54) is 10.6 Å². The van der Waals surface area contributed by atoms with Crippen LogP contribution in [0.5, 0.6) is 5.75 Å². The molecule has 7 heteroatoms. The quantitative estimate of drug-likeness (QED) is 0.581. The number of hydrogen-bond acceptors (Lipinski definition) is 4. The Bertz CT molecular complexity index is 1120. The molecule has 0 unspecified atom stereocenters. The summed E-state index contributed by atoms with van der Waals surface area (Å²) < 4.78 is 7.02. The van der Waals surface area contributed by atoms with E-state index < -0.39 is 0 Å². The van der Waals surface area contributed by atoms with Crippen LogP contribution in [0, 0.1) is 6.92 Å². The van der Waals surface area contributed by atoms with Crippen molar-refractivity contribution in [2.75, 3.05) is 17.2 Å². The molecule has 2 aromatic carbocycles. The van der Waals surface area contributed by atoms with Gasteiger partial charge in [0.05, 0.1) is 12.3 Å². The van der Waals surface area contributed by atoms with Crippen LogP contribution in [0.1, 0.15) is 29.3 Å². The van der Waals surface area contributed by atoms with Crippen molar-refractivity contribution in [3.63, 3.8) is 0 Å². The van der Waals surface area contributed by atoms with Gasteiger partial charge in [-0.2, -0.15) is 0 Å². The van der Waals surface area contributed by atoms with Gasteiger partial charge in [0.15, 0.2) is 0 Å². The van der Waals surface area contributed by atoms with Crippen LogP contribution < -0.4 is 20.9 Å². The lowest BCUT2D eigenvalue weighted by Gasteiger charge is -2.12. The Kier molecular flexibility index (Phi) is 7.22. The van der Waals surface area contributed by atoms with Crippen LogP contribution in [-0.4, -0.2) is 23.0 Å². The molecule has 0 atom stereocenters. The average Bonchev–Trinajstić information content (AvgIpc) is 2.76. The number of hydrogen-bond donors (Lipinski definition) is 2. The molecule has 0 fully saturated rings. The largest absolute Gasteiger partial charge is 0.491 e. The Labute approximate surface area is 180 Å². The second-order valence-corrected chi connectivity index (χ2v) is 7.10. The molecule has 0 bridgehead atoms. The maximum Gasteiger partial charge on any atom is 0.255 e. The van der Waals surface area contributed by atoms with E-state index in [1.54, 1.807) is 42.6 Å². The van der Waals surface area contributed by atoms with Gasteiger partial charge in [0.1, 0.15) is 12.3 Å². The highest BCUT2D eigenvalue weighted by atomic mass is 16.5. The molecule has 1 aromatic heterocycles. The lowest BCUT2D eigenvalue weighted by atomic mass is 10.2. The van der Waals surface area contributed by atoms with Crippen molar-refractivity contribution in [1.82, 2.24) is 4.57 Å². The van der Waals surface area contributed by atoms with Crippen molar-refractivity contribution in [2.24, 2.45) is 0 Å². The van der Waals surface area contributed by atoms with E-state index in [1.807, 2.05) is 32.0 Å². The average molecular weight is 419 g/mol. The van der Waals surface area contributed by atoms with E-state index in [0.717, 1.165) is 12.0 Å². The Morgan fingerprint density at radius 2 is 1.71 bits per heavy atom. The van der Waals surface area contributed by atoms with Crippen molar-refractivity contribution in [3.05, 3.63) is 88.3 Å². The van der Waals surface area contributed by atoms with Crippen molar-refractivity contribution >= 4 is 23.2 Å². The molecule has 0 saturated heterocycles. The third kappa shape index (κ3) is 6.05.